The van der Waals surface area contributed by atoms with Gasteiger partial charge in [0.15, 0.2) is 10.9 Å². The zero-order valence-corrected chi connectivity index (χ0v) is 18.9. The molecule has 0 bridgehead atoms. The van der Waals surface area contributed by atoms with Crippen LogP contribution in [0.2, 0.25) is 5.02 Å². The summed E-state index contributed by atoms with van der Waals surface area (Å²) in [4.78, 5) is 57.1. The first-order valence-corrected chi connectivity index (χ1v) is 10.9. The summed E-state index contributed by atoms with van der Waals surface area (Å²) in [7, 11) is 1.22. The number of carbonyl (C=O) groups is 4. The maximum Gasteiger partial charge on any atom is 0.350 e. The fourth-order valence-corrected chi connectivity index (χ4v) is 4.85. The Bertz CT molecular complexity index is 1270. The molecule has 1 aliphatic rings. The summed E-state index contributed by atoms with van der Waals surface area (Å²) in [6.45, 7) is 1.57. The van der Waals surface area contributed by atoms with Gasteiger partial charge in [0.2, 0.25) is 5.78 Å². The molecular weight excluding hydrogens is 471 g/mol. The molecule has 2 atom stereocenters. The Labute approximate surface area is 196 Å². The molecule has 2 aromatic carbocycles. The number of esters is 1. The molecule has 7 nitrogen and oxygen atoms in total. The molecule has 1 saturated heterocycles. The molecule has 2 heterocycles. The van der Waals surface area contributed by atoms with E-state index in [2.05, 4.69) is 4.98 Å². The van der Waals surface area contributed by atoms with Crippen molar-refractivity contribution in [1.29, 1.82) is 0 Å². The van der Waals surface area contributed by atoms with Gasteiger partial charge in [-0.05, 0) is 48.9 Å². The minimum atomic E-state index is -1.39. The fraction of sp³-hybridized carbons (Fsp3) is 0.174. The Kier molecular flexibility index (Phi) is 6.09. The van der Waals surface area contributed by atoms with Crippen molar-refractivity contribution in [3.05, 3.63) is 81.1 Å². The normalized spacial score (nSPS) is 18.0. The Morgan fingerprint density at radius 3 is 2.33 bits per heavy atom. The standard InChI is InChI=1S/C23H16ClFN2O5S/c1-11-20(22(31)32-2)33-23(26-11)27-17(12-5-9-15(25)10-6-12)16(19(29)21(27)30)18(28)13-3-7-14(24)8-4-13/h3-10,16-17H,1-2H3. The van der Waals surface area contributed by atoms with E-state index in [1.54, 1.807) is 6.92 Å². The van der Waals surface area contributed by atoms with Crippen LogP contribution in [0.15, 0.2) is 48.5 Å². The summed E-state index contributed by atoms with van der Waals surface area (Å²) < 4.78 is 18.3. The fourth-order valence-electron chi connectivity index (χ4n) is 3.70. The van der Waals surface area contributed by atoms with E-state index in [-0.39, 0.29) is 15.6 Å². The minimum Gasteiger partial charge on any atom is -0.465 e. The van der Waals surface area contributed by atoms with Crippen LogP contribution >= 0.6 is 22.9 Å². The smallest absolute Gasteiger partial charge is 0.350 e. The lowest BCUT2D eigenvalue weighted by Gasteiger charge is -2.25. The summed E-state index contributed by atoms with van der Waals surface area (Å²) in [5.74, 6) is -4.99. The zero-order valence-electron chi connectivity index (χ0n) is 17.4. The van der Waals surface area contributed by atoms with Crippen LogP contribution in [-0.4, -0.2) is 35.5 Å². The number of hydrogen-bond donors (Lipinski definition) is 0. The van der Waals surface area contributed by atoms with Crippen molar-refractivity contribution in [1.82, 2.24) is 4.98 Å². The summed E-state index contributed by atoms with van der Waals surface area (Å²) >= 11 is 6.78. The molecule has 1 aliphatic heterocycles. The van der Waals surface area contributed by atoms with Gasteiger partial charge in [0, 0.05) is 10.6 Å². The number of benzene rings is 2. The highest BCUT2D eigenvalue weighted by molar-refractivity contribution is 7.17. The second-order valence-electron chi connectivity index (χ2n) is 7.29. The van der Waals surface area contributed by atoms with E-state index in [1.165, 1.54) is 55.6 Å². The largest absolute Gasteiger partial charge is 0.465 e. The highest BCUT2D eigenvalue weighted by atomic mass is 35.5. The lowest BCUT2D eigenvalue weighted by atomic mass is 9.86. The van der Waals surface area contributed by atoms with Gasteiger partial charge in [-0.2, -0.15) is 0 Å². The molecule has 10 heteroatoms. The van der Waals surface area contributed by atoms with Crippen molar-refractivity contribution in [2.24, 2.45) is 5.92 Å². The molecule has 0 saturated carbocycles. The van der Waals surface area contributed by atoms with Crippen LogP contribution < -0.4 is 4.90 Å². The number of halogens is 2. The summed E-state index contributed by atoms with van der Waals surface area (Å²) in [5.41, 5.74) is 0.882. The molecule has 1 fully saturated rings. The summed E-state index contributed by atoms with van der Waals surface area (Å²) in [6, 6.07) is 10.0. The lowest BCUT2D eigenvalue weighted by Crippen LogP contribution is -2.30. The average Bonchev–Trinajstić information content (AvgIpc) is 3.31. The third-order valence-corrected chi connectivity index (χ3v) is 6.68. The number of aryl methyl sites for hydroxylation is 1. The highest BCUT2D eigenvalue weighted by Gasteiger charge is 2.53. The number of Topliss-reactive ketones (excluding diaryl/α,β-unsaturated/α-hetero) is 2. The van der Waals surface area contributed by atoms with Crippen LogP contribution in [0.25, 0.3) is 0 Å². The number of carbonyl (C=O) groups excluding carboxylic acids is 4. The van der Waals surface area contributed by atoms with Crippen LogP contribution in [0, 0.1) is 18.7 Å². The Balaban J connectivity index is 1.85. The molecule has 0 spiro atoms. The molecular formula is C23H16ClFN2O5S. The van der Waals surface area contributed by atoms with Gasteiger partial charge >= 0.3 is 5.97 Å². The molecule has 0 radical (unpaired) electrons. The van der Waals surface area contributed by atoms with E-state index < -0.39 is 41.2 Å². The molecule has 168 valence electrons. The van der Waals surface area contributed by atoms with E-state index in [9.17, 15) is 23.6 Å². The van der Waals surface area contributed by atoms with Crippen molar-refractivity contribution >= 4 is 51.5 Å². The second-order valence-corrected chi connectivity index (χ2v) is 8.70. The Morgan fingerprint density at radius 1 is 1.09 bits per heavy atom. The number of ketones is 2. The first kappa shape index (κ1) is 22.8. The number of nitrogens with zero attached hydrogens (tertiary/aromatic N) is 2. The van der Waals surface area contributed by atoms with Gasteiger partial charge in [-0.15, -0.1) is 0 Å². The van der Waals surface area contributed by atoms with Crippen molar-refractivity contribution < 1.29 is 28.3 Å². The van der Waals surface area contributed by atoms with E-state index in [4.69, 9.17) is 16.3 Å². The summed E-state index contributed by atoms with van der Waals surface area (Å²) in [6.07, 6.45) is 0. The van der Waals surface area contributed by atoms with Gasteiger partial charge in [0.1, 0.15) is 16.6 Å². The third kappa shape index (κ3) is 4.05. The van der Waals surface area contributed by atoms with Gasteiger partial charge in [-0.3, -0.25) is 19.3 Å². The van der Waals surface area contributed by atoms with E-state index in [0.717, 1.165) is 16.2 Å². The molecule has 1 aromatic heterocycles. The van der Waals surface area contributed by atoms with Crippen LogP contribution in [0.1, 0.15) is 37.3 Å². The topological polar surface area (TPSA) is 93.6 Å². The minimum absolute atomic E-state index is 0.0620. The number of aromatic nitrogens is 1. The van der Waals surface area contributed by atoms with Crippen molar-refractivity contribution in [2.45, 2.75) is 13.0 Å². The molecule has 4 rings (SSSR count). The average molecular weight is 487 g/mol. The van der Waals surface area contributed by atoms with Crippen LogP contribution in [0.3, 0.4) is 0 Å². The highest BCUT2D eigenvalue weighted by Crippen LogP contribution is 2.43. The summed E-state index contributed by atoms with van der Waals surface area (Å²) in [5, 5.41) is 0.470. The predicted molar refractivity (Wildman–Crippen MR) is 119 cm³/mol. The number of thiazole rings is 1. The van der Waals surface area contributed by atoms with E-state index in [1.807, 2.05) is 0 Å². The second kappa shape index (κ2) is 8.84. The maximum atomic E-state index is 13.6. The third-order valence-electron chi connectivity index (χ3n) is 5.29. The SMILES string of the molecule is COC(=O)c1sc(N2C(=O)C(=O)C(C(=O)c3ccc(Cl)cc3)C2c2ccc(F)cc2)nc1C. The number of hydrogen-bond acceptors (Lipinski definition) is 7. The van der Waals surface area contributed by atoms with E-state index >= 15 is 0 Å². The molecule has 2 unspecified atom stereocenters. The number of methoxy groups -OCH3 is 1. The van der Waals surface area contributed by atoms with Crippen molar-refractivity contribution in [2.75, 3.05) is 12.0 Å². The lowest BCUT2D eigenvalue weighted by molar-refractivity contribution is -0.135. The van der Waals surface area contributed by atoms with Gasteiger partial charge in [-0.25, -0.2) is 14.2 Å². The van der Waals surface area contributed by atoms with Crippen LogP contribution in [-0.2, 0) is 14.3 Å². The molecule has 0 aliphatic carbocycles. The molecule has 33 heavy (non-hydrogen) atoms. The quantitative estimate of drug-likeness (QED) is 0.232. The maximum absolute atomic E-state index is 13.6. The van der Waals surface area contributed by atoms with Gasteiger partial charge in [0.05, 0.1) is 18.8 Å². The predicted octanol–water partition coefficient (Wildman–Crippen LogP) is 4.19. The van der Waals surface area contributed by atoms with Gasteiger partial charge in [-0.1, -0.05) is 35.1 Å². The van der Waals surface area contributed by atoms with Crippen LogP contribution in [0.4, 0.5) is 9.52 Å². The van der Waals surface area contributed by atoms with Gasteiger partial charge < -0.3 is 4.74 Å². The number of amides is 1. The molecule has 0 N–H and O–H groups in total. The first-order valence-electron chi connectivity index (χ1n) is 9.71. The van der Waals surface area contributed by atoms with Gasteiger partial charge in [0.25, 0.3) is 5.91 Å². The Hall–Kier alpha value is -3.43. The molecule has 1 amide bonds. The van der Waals surface area contributed by atoms with E-state index in [0.29, 0.717) is 16.3 Å². The first-order chi connectivity index (χ1) is 15.7. The number of rotatable bonds is 5. The van der Waals surface area contributed by atoms with Crippen molar-refractivity contribution in [3.8, 4) is 0 Å². The number of ether oxygens (including phenoxy) is 1. The monoisotopic (exact) mass is 486 g/mol. The van der Waals surface area contributed by atoms with Crippen molar-refractivity contribution in [3.63, 3.8) is 0 Å². The molecule has 3 aromatic rings. The zero-order chi connectivity index (χ0) is 23.9. The van der Waals surface area contributed by atoms with Crippen LogP contribution in [0.5, 0.6) is 0 Å². The number of anilines is 1. The Morgan fingerprint density at radius 2 is 1.73 bits per heavy atom.